The second-order valence-electron chi connectivity index (χ2n) is 11.1. The van der Waals surface area contributed by atoms with E-state index in [0.717, 1.165) is 0 Å². The zero-order valence-corrected chi connectivity index (χ0v) is 24.9. The van der Waals surface area contributed by atoms with Crippen molar-refractivity contribution in [3.05, 3.63) is 98.9 Å². The molecule has 0 saturated carbocycles. The first-order valence-electron chi connectivity index (χ1n) is 13.2. The molecule has 0 aromatic heterocycles. The quantitative estimate of drug-likeness (QED) is 0.267. The third kappa shape index (κ3) is 5.08. The molecule has 0 aliphatic carbocycles. The molecule has 0 bridgehead atoms. The molecule has 1 saturated heterocycles. The Balaban J connectivity index is 1.74. The van der Waals surface area contributed by atoms with Gasteiger partial charge in [0.15, 0.2) is 0 Å². The van der Waals surface area contributed by atoms with Crippen molar-refractivity contribution in [1.82, 2.24) is 5.32 Å². The van der Waals surface area contributed by atoms with Gasteiger partial charge in [0.2, 0.25) is 17.7 Å². The van der Waals surface area contributed by atoms with Crippen molar-refractivity contribution in [2.24, 2.45) is 11.1 Å². The van der Waals surface area contributed by atoms with Crippen LogP contribution in [-0.2, 0) is 15.0 Å². The number of nitrogens with two attached hydrogens (primary N) is 1. The van der Waals surface area contributed by atoms with Crippen molar-refractivity contribution < 1.29 is 27.9 Å². The Morgan fingerprint density at radius 1 is 1.16 bits per heavy atom. The maximum absolute atomic E-state index is 15.9. The van der Waals surface area contributed by atoms with Crippen LogP contribution in [0, 0.1) is 11.2 Å². The predicted molar refractivity (Wildman–Crippen MR) is 161 cm³/mol. The SMILES string of the molecule is COc1cc(C(N)=O)ccc1NC(=O)[C@@H]1N/C(=C\C(C)(C)CF)[C@@]2(C(=O)Nc3cc(Cl)ccc32)[C@H]1c1cccc(Cl)c1F. The molecule has 3 aromatic carbocycles. The molecule has 3 atom stereocenters. The molecule has 3 amide bonds. The average Bonchev–Trinajstić information content (AvgIpc) is 3.44. The van der Waals surface area contributed by atoms with Gasteiger partial charge in [-0.2, -0.15) is 0 Å². The minimum Gasteiger partial charge on any atom is -0.495 e. The summed E-state index contributed by atoms with van der Waals surface area (Å²) < 4.78 is 35.5. The standard InChI is InChI=1S/C31H28Cl2F2N4O4/c1-30(2,14-34)13-23-31(18-9-8-16(32)12-21(18)38-29(31)42)24(17-5-4-6-19(33)25(17)35)26(39-23)28(41)37-20-10-7-15(27(36)40)11-22(20)43-3/h4-13,24,26,39H,14H2,1-3H3,(H2,36,40)(H,37,41)(H,38,42)/b23-13-/t24-,26+,31+/m0/s1. The van der Waals surface area contributed by atoms with Crippen LogP contribution in [-0.4, -0.2) is 37.5 Å². The van der Waals surface area contributed by atoms with Crippen molar-refractivity contribution in [3.63, 3.8) is 0 Å². The van der Waals surface area contributed by atoms with Crippen LogP contribution < -0.4 is 26.4 Å². The molecule has 8 nitrogen and oxygen atoms in total. The number of hydrogen-bond donors (Lipinski definition) is 4. The van der Waals surface area contributed by atoms with E-state index in [0.29, 0.717) is 16.3 Å². The number of allylic oxidation sites excluding steroid dienone is 1. The molecular weight excluding hydrogens is 601 g/mol. The molecular formula is C31H28Cl2F2N4O4. The Kier molecular flexibility index (Phi) is 7.87. The number of halogens is 4. The van der Waals surface area contributed by atoms with E-state index in [1.807, 2.05) is 0 Å². The number of rotatable bonds is 7. The lowest BCUT2D eigenvalue weighted by Crippen LogP contribution is -2.44. The summed E-state index contributed by atoms with van der Waals surface area (Å²) in [5.74, 6) is -3.77. The maximum Gasteiger partial charge on any atom is 0.248 e. The van der Waals surface area contributed by atoms with E-state index in [1.54, 1.807) is 38.1 Å². The number of carbonyl (C=O) groups excluding carboxylic acids is 3. The second-order valence-corrected chi connectivity index (χ2v) is 12.0. The van der Waals surface area contributed by atoms with Crippen LogP contribution >= 0.6 is 23.2 Å². The van der Waals surface area contributed by atoms with E-state index < -0.39 is 53.0 Å². The summed E-state index contributed by atoms with van der Waals surface area (Å²) in [6, 6.07) is 12.1. The van der Waals surface area contributed by atoms with Gasteiger partial charge in [-0.15, -0.1) is 0 Å². The second kappa shape index (κ2) is 11.2. The van der Waals surface area contributed by atoms with Crippen molar-refractivity contribution in [3.8, 4) is 5.75 Å². The first-order chi connectivity index (χ1) is 20.3. The van der Waals surface area contributed by atoms with Gasteiger partial charge in [-0.3, -0.25) is 18.8 Å². The van der Waals surface area contributed by atoms with E-state index in [2.05, 4.69) is 16.0 Å². The fourth-order valence-corrected chi connectivity index (χ4v) is 6.15. The minimum atomic E-state index is -1.69. The Labute approximate surface area is 256 Å². The van der Waals surface area contributed by atoms with Crippen molar-refractivity contribution in [2.45, 2.75) is 31.2 Å². The number of hydrogen-bond acceptors (Lipinski definition) is 5. The lowest BCUT2D eigenvalue weighted by atomic mass is 9.65. The summed E-state index contributed by atoms with van der Waals surface area (Å²) in [4.78, 5) is 40.0. The summed E-state index contributed by atoms with van der Waals surface area (Å²) in [6.07, 6.45) is 1.56. The molecule has 3 aromatic rings. The van der Waals surface area contributed by atoms with Crippen LogP contribution in [0.1, 0.15) is 41.3 Å². The smallest absolute Gasteiger partial charge is 0.248 e. The van der Waals surface area contributed by atoms with E-state index in [9.17, 15) is 18.8 Å². The first-order valence-corrected chi connectivity index (χ1v) is 14.0. The lowest BCUT2D eigenvalue weighted by molar-refractivity contribution is -0.120. The van der Waals surface area contributed by atoms with Gasteiger partial charge in [0, 0.05) is 33.3 Å². The van der Waals surface area contributed by atoms with Gasteiger partial charge in [-0.1, -0.05) is 61.3 Å². The third-order valence-electron chi connectivity index (χ3n) is 7.77. The zero-order valence-electron chi connectivity index (χ0n) is 23.4. The number of primary amides is 1. The summed E-state index contributed by atoms with van der Waals surface area (Å²) in [7, 11) is 1.35. The maximum atomic E-state index is 15.9. The van der Waals surface area contributed by atoms with Gasteiger partial charge >= 0.3 is 0 Å². The number of anilines is 2. The van der Waals surface area contributed by atoms with Crippen LogP contribution in [0.3, 0.4) is 0 Å². The Morgan fingerprint density at radius 2 is 1.91 bits per heavy atom. The molecule has 1 fully saturated rings. The highest BCUT2D eigenvalue weighted by atomic mass is 35.5. The number of amides is 3. The molecule has 0 radical (unpaired) electrons. The number of ether oxygens (including phenoxy) is 1. The van der Waals surface area contributed by atoms with E-state index >= 15 is 4.39 Å². The Morgan fingerprint density at radius 3 is 2.58 bits per heavy atom. The Hall–Kier alpha value is -4.15. The van der Waals surface area contributed by atoms with Crippen LogP contribution in [0.2, 0.25) is 10.0 Å². The molecule has 12 heteroatoms. The molecule has 2 aliphatic heterocycles. The largest absolute Gasteiger partial charge is 0.495 e. The van der Waals surface area contributed by atoms with Crippen LogP contribution in [0.4, 0.5) is 20.2 Å². The zero-order chi connectivity index (χ0) is 31.3. The molecule has 1 spiro atoms. The fourth-order valence-electron chi connectivity index (χ4n) is 5.80. The van der Waals surface area contributed by atoms with Crippen LogP contribution in [0.5, 0.6) is 5.75 Å². The normalized spacial score (nSPS) is 21.8. The molecule has 43 heavy (non-hydrogen) atoms. The Bertz CT molecular complexity index is 1700. The topological polar surface area (TPSA) is 123 Å². The van der Waals surface area contributed by atoms with Crippen molar-refractivity contribution in [1.29, 1.82) is 0 Å². The number of alkyl halides is 1. The van der Waals surface area contributed by atoms with E-state index in [1.165, 1.54) is 43.5 Å². The first kappa shape index (κ1) is 30.3. The van der Waals surface area contributed by atoms with Crippen LogP contribution in [0.25, 0.3) is 0 Å². The van der Waals surface area contributed by atoms with Gasteiger partial charge in [0.25, 0.3) is 0 Å². The van der Waals surface area contributed by atoms with Gasteiger partial charge in [-0.25, -0.2) is 4.39 Å². The molecule has 224 valence electrons. The highest BCUT2D eigenvalue weighted by Crippen LogP contribution is 2.57. The van der Waals surface area contributed by atoms with Gasteiger partial charge < -0.3 is 26.4 Å². The number of methoxy groups -OCH3 is 1. The minimum absolute atomic E-state index is 0.00408. The average molecular weight is 629 g/mol. The van der Waals surface area contributed by atoms with E-state index in [4.69, 9.17) is 33.7 Å². The molecule has 2 heterocycles. The summed E-state index contributed by atoms with van der Waals surface area (Å²) in [6.45, 7) is 2.50. The van der Waals surface area contributed by atoms with Gasteiger partial charge in [0.1, 0.15) is 23.0 Å². The summed E-state index contributed by atoms with van der Waals surface area (Å²) in [5, 5.41) is 8.90. The highest BCUT2D eigenvalue weighted by molar-refractivity contribution is 6.31. The predicted octanol–water partition coefficient (Wildman–Crippen LogP) is 5.70. The fraction of sp³-hybridized carbons (Fsp3) is 0.258. The molecule has 5 rings (SSSR count). The number of carbonyl (C=O) groups is 3. The van der Waals surface area contributed by atoms with Gasteiger partial charge in [0.05, 0.1) is 24.5 Å². The third-order valence-corrected chi connectivity index (χ3v) is 8.30. The molecule has 5 N–H and O–H groups in total. The summed E-state index contributed by atoms with van der Waals surface area (Å²) >= 11 is 12.5. The number of nitrogens with one attached hydrogen (secondary N) is 3. The lowest BCUT2D eigenvalue weighted by Gasteiger charge is -2.33. The number of fused-ring (bicyclic) bond motifs is 2. The summed E-state index contributed by atoms with van der Waals surface area (Å²) in [5.41, 5.74) is 3.99. The highest BCUT2D eigenvalue weighted by Gasteiger charge is 2.64. The van der Waals surface area contributed by atoms with Crippen molar-refractivity contribution in [2.75, 3.05) is 24.4 Å². The molecule has 0 unspecified atom stereocenters. The molecule has 2 aliphatic rings. The van der Waals surface area contributed by atoms with Crippen LogP contribution in [0.15, 0.2) is 66.4 Å². The van der Waals surface area contributed by atoms with Crippen molar-refractivity contribution >= 4 is 52.3 Å². The monoisotopic (exact) mass is 628 g/mol. The van der Waals surface area contributed by atoms with E-state index in [-0.39, 0.29) is 33.3 Å². The number of benzene rings is 3. The van der Waals surface area contributed by atoms with Gasteiger partial charge in [-0.05, 0) is 47.5 Å².